The topological polar surface area (TPSA) is 70.5 Å². The second-order valence-electron chi connectivity index (χ2n) is 5.34. The minimum absolute atomic E-state index is 0.122. The van der Waals surface area contributed by atoms with Crippen molar-refractivity contribution in [3.8, 4) is 16.9 Å². The summed E-state index contributed by atoms with van der Waals surface area (Å²) in [6, 6.07) is 5.79. The first kappa shape index (κ1) is 13.5. The normalized spacial score (nSPS) is 16.7. The molecule has 106 valence electrons. The molecule has 20 heavy (non-hydrogen) atoms. The SMILES string of the molecule is CC1(COc2ccc(-c3cnoc3N)cc2Br)COC1. The molecule has 0 amide bonds. The molecule has 1 aliphatic heterocycles. The van der Waals surface area contributed by atoms with Gasteiger partial charge in [0.05, 0.1) is 36.1 Å². The van der Waals surface area contributed by atoms with Crippen LogP contribution in [0.25, 0.3) is 11.1 Å². The van der Waals surface area contributed by atoms with E-state index >= 15 is 0 Å². The van der Waals surface area contributed by atoms with Crippen LogP contribution in [0.5, 0.6) is 5.75 Å². The Morgan fingerprint density at radius 3 is 2.80 bits per heavy atom. The fourth-order valence-electron chi connectivity index (χ4n) is 2.04. The number of ether oxygens (including phenoxy) is 2. The molecule has 1 aromatic carbocycles. The van der Waals surface area contributed by atoms with Crippen LogP contribution in [-0.2, 0) is 4.74 Å². The zero-order valence-corrected chi connectivity index (χ0v) is 12.6. The molecule has 0 unspecified atom stereocenters. The molecule has 0 bridgehead atoms. The maximum atomic E-state index is 5.85. The Morgan fingerprint density at radius 2 is 2.25 bits per heavy atom. The molecule has 1 aliphatic rings. The Morgan fingerprint density at radius 1 is 1.45 bits per heavy atom. The number of nitrogens with two attached hydrogens (primary N) is 1. The quantitative estimate of drug-likeness (QED) is 0.927. The molecule has 5 nitrogen and oxygen atoms in total. The highest BCUT2D eigenvalue weighted by Crippen LogP contribution is 2.34. The molecule has 3 rings (SSSR count). The summed E-state index contributed by atoms with van der Waals surface area (Å²) in [5.74, 6) is 1.11. The van der Waals surface area contributed by atoms with Crippen LogP contribution in [0.3, 0.4) is 0 Å². The van der Waals surface area contributed by atoms with Gasteiger partial charge >= 0.3 is 0 Å². The van der Waals surface area contributed by atoms with Gasteiger partial charge in [0.25, 0.3) is 0 Å². The third-order valence-electron chi connectivity index (χ3n) is 3.32. The first-order valence-corrected chi connectivity index (χ1v) is 7.07. The summed E-state index contributed by atoms with van der Waals surface area (Å²) < 4.78 is 16.8. The van der Waals surface area contributed by atoms with Crippen molar-refractivity contribution in [3.05, 3.63) is 28.9 Å². The summed E-state index contributed by atoms with van der Waals surface area (Å²) in [7, 11) is 0. The van der Waals surface area contributed by atoms with E-state index in [-0.39, 0.29) is 5.41 Å². The highest BCUT2D eigenvalue weighted by molar-refractivity contribution is 9.10. The van der Waals surface area contributed by atoms with Crippen LogP contribution in [0.2, 0.25) is 0 Å². The summed E-state index contributed by atoms with van der Waals surface area (Å²) in [4.78, 5) is 0. The van der Waals surface area contributed by atoms with Crippen LogP contribution in [0, 0.1) is 5.41 Å². The van der Waals surface area contributed by atoms with Gasteiger partial charge in [0.1, 0.15) is 5.75 Å². The number of hydrogen-bond donors (Lipinski definition) is 1. The number of anilines is 1. The van der Waals surface area contributed by atoms with E-state index in [1.54, 1.807) is 6.20 Å². The Hall–Kier alpha value is -1.53. The van der Waals surface area contributed by atoms with E-state index in [1.807, 2.05) is 18.2 Å². The van der Waals surface area contributed by atoms with E-state index in [1.165, 1.54) is 0 Å². The van der Waals surface area contributed by atoms with Gasteiger partial charge < -0.3 is 19.7 Å². The predicted molar refractivity (Wildman–Crippen MR) is 78.5 cm³/mol. The number of rotatable bonds is 4. The van der Waals surface area contributed by atoms with Gasteiger partial charge in [-0.25, -0.2) is 0 Å². The molecule has 2 N–H and O–H groups in total. The molecule has 1 saturated heterocycles. The van der Waals surface area contributed by atoms with Gasteiger partial charge in [-0.15, -0.1) is 0 Å². The van der Waals surface area contributed by atoms with Crippen molar-refractivity contribution in [1.29, 1.82) is 0 Å². The number of benzene rings is 1. The zero-order chi connectivity index (χ0) is 14.2. The Balaban J connectivity index is 1.76. The second kappa shape index (κ2) is 5.10. The fraction of sp³-hybridized carbons (Fsp3) is 0.357. The van der Waals surface area contributed by atoms with Crippen molar-refractivity contribution in [2.45, 2.75) is 6.92 Å². The van der Waals surface area contributed by atoms with Gasteiger partial charge in [-0.05, 0) is 33.6 Å². The summed E-state index contributed by atoms with van der Waals surface area (Å²) in [6.45, 7) is 4.29. The van der Waals surface area contributed by atoms with Crippen molar-refractivity contribution < 1.29 is 14.0 Å². The van der Waals surface area contributed by atoms with Crippen molar-refractivity contribution in [2.24, 2.45) is 5.41 Å². The molecule has 0 aliphatic carbocycles. The van der Waals surface area contributed by atoms with Crippen LogP contribution in [0.4, 0.5) is 5.88 Å². The van der Waals surface area contributed by atoms with Crippen molar-refractivity contribution >= 4 is 21.8 Å². The van der Waals surface area contributed by atoms with Gasteiger partial charge in [0.2, 0.25) is 5.88 Å². The van der Waals surface area contributed by atoms with E-state index < -0.39 is 0 Å². The average Bonchev–Trinajstić information content (AvgIpc) is 2.81. The lowest BCUT2D eigenvalue weighted by Crippen LogP contribution is -2.44. The number of halogens is 1. The van der Waals surface area contributed by atoms with E-state index in [0.717, 1.165) is 34.6 Å². The standard InChI is InChI=1S/C14H15BrN2O3/c1-14(6-18-7-14)8-19-12-3-2-9(4-11(12)15)10-5-17-20-13(10)16/h2-5H,6-8,16H2,1H3. The minimum Gasteiger partial charge on any atom is -0.492 e. The summed E-state index contributed by atoms with van der Waals surface area (Å²) in [6.07, 6.45) is 1.60. The molecular weight excluding hydrogens is 324 g/mol. The molecule has 2 aromatic rings. The number of hydrogen-bond acceptors (Lipinski definition) is 5. The molecule has 1 aromatic heterocycles. The van der Waals surface area contributed by atoms with Gasteiger partial charge in [-0.2, -0.15) is 0 Å². The monoisotopic (exact) mass is 338 g/mol. The summed E-state index contributed by atoms with van der Waals surface area (Å²) in [5.41, 5.74) is 7.54. The second-order valence-corrected chi connectivity index (χ2v) is 6.20. The van der Waals surface area contributed by atoms with Crippen LogP contribution >= 0.6 is 15.9 Å². The van der Waals surface area contributed by atoms with Crippen LogP contribution in [0.1, 0.15) is 6.92 Å². The number of nitrogen functional groups attached to an aromatic ring is 1. The van der Waals surface area contributed by atoms with Crippen molar-refractivity contribution in [2.75, 3.05) is 25.6 Å². The van der Waals surface area contributed by atoms with E-state index in [9.17, 15) is 0 Å². The largest absolute Gasteiger partial charge is 0.492 e. The van der Waals surface area contributed by atoms with E-state index in [0.29, 0.717) is 12.5 Å². The lowest BCUT2D eigenvalue weighted by atomic mass is 9.90. The zero-order valence-electron chi connectivity index (χ0n) is 11.1. The fourth-order valence-corrected chi connectivity index (χ4v) is 2.53. The Labute approximate surface area is 125 Å². The Kier molecular flexibility index (Phi) is 3.43. The summed E-state index contributed by atoms with van der Waals surface area (Å²) in [5, 5.41) is 3.68. The predicted octanol–water partition coefficient (Wildman–Crippen LogP) is 3.10. The molecule has 0 radical (unpaired) electrons. The molecule has 0 spiro atoms. The first-order chi connectivity index (χ1) is 9.57. The summed E-state index contributed by atoms with van der Waals surface area (Å²) >= 11 is 3.52. The van der Waals surface area contributed by atoms with E-state index in [4.69, 9.17) is 19.7 Å². The van der Waals surface area contributed by atoms with Crippen LogP contribution in [-0.4, -0.2) is 25.0 Å². The van der Waals surface area contributed by atoms with Gasteiger partial charge in [-0.1, -0.05) is 18.1 Å². The van der Waals surface area contributed by atoms with Gasteiger partial charge in [-0.3, -0.25) is 0 Å². The Bertz CT molecular complexity index is 623. The smallest absolute Gasteiger partial charge is 0.229 e. The number of nitrogens with zero attached hydrogens (tertiary/aromatic N) is 1. The van der Waals surface area contributed by atoms with Crippen LogP contribution < -0.4 is 10.5 Å². The highest BCUT2D eigenvalue weighted by Gasteiger charge is 2.34. The maximum absolute atomic E-state index is 5.85. The molecule has 6 heteroatoms. The van der Waals surface area contributed by atoms with Gasteiger partial charge in [0, 0.05) is 5.41 Å². The minimum atomic E-state index is 0.122. The van der Waals surface area contributed by atoms with E-state index in [2.05, 4.69) is 28.0 Å². The molecule has 0 saturated carbocycles. The maximum Gasteiger partial charge on any atom is 0.229 e. The third kappa shape index (κ3) is 2.53. The molecule has 1 fully saturated rings. The third-order valence-corrected chi connectivity index (χ3v) is 3.94. The van der Waals surface area contributed by atoms with Crippen molar-refractivity contribution in [3.63, 3.8) is 0 Å². The van der Waals surface area contributed by atoms with Gasteiger partial charge in [0.15, 0.2) is 0 Å². The van der Waals surface area contributed by atoms with Crippen molar-refractivity contribution in [1.82, 2.24) is 5.16 Å². The molecular formula is C14H15BrN2O3. The average molecular weight is 339 g/mol. The lowest BCUT2D eigenvalue weighted by Gasteiger charge is -2.37. The highest BCUT2D eigenvalue weighted by atomic mass is 79.9. The molecule has 0 atom stereocenters. The molecule has 2 heterocycles. The van der Waals surface area contributed by atoms with Crippen LogP contribution in [0.15, 0.2) is 33.4 Å². The lowest BCUT2D eigenvalue weighted by molar-refractivity contribution is -0.120. The number of aromatic nitrogens is 1. The first-order valence-electron chi connectivity index (χ1n) is 6.28.